The predicted molar refractivity (Wildman–Crippen MR) is 124 cm³/mol. The fraction of sp³-hybridized carbons (Fsp3) is 0.364. The number of hydrogen-bond donors (Lipinski definition) is 0. The van der Waals surface area contributed by atoms with E-state index in [2.05, 4.69) is 31.9 Å². The van der Waals surface area contributed by atoms with Crippen LogP contribution in [0.1, 0.15) is 25.5 Å². The minimum Gasteiger partial charge on any atom is -0.457 e. The fourth-order valence-corrected chi connectivity index (χ4v) is 4.78. The Morgan fingerprint density at radius 3 is 2.40 bits per heavy atom. The molecule has 0 heterocycles. The van der Waals surface area contributed by atoms with E-state index in [1.165, 1.54) is 0 Å². The first-order chi connectivity index (χ1) is 14.1. The van der Waals surface area contributed by atoms with E-state index in [4.69, 9.17) is 32.7 Å². The van der Waals surface area contributed by atoms with Crippen LogP contribution in [-0.4, -0.2) is 14.0 Å². The average molecular weight is 576 g/mol. The third-order valence-corrected chi connectivity index (χ3v) is 7.74. The molecule has 2 aromatic rings. The van der Waals surface area contributed by atoms with Crippen molar-refractivity contribution in [2.75, 3.05) is 0 Å². The van der Waals surface area contributed by atoms with Crippen molar-refractivity contribution < 1.29 is 14.3 Å². The van der Waals surface area contributed by atoms with Gasteiger partial charge in [0.2, 0.25) is 6.10 Å². The lowest BCUT2D eigenvalue weighted by molar-refractivity contribution is -0.149. The maximum Gasteiger partial charge on any atom is 0.311 e. The predicted octanol–water partition coefficient (Wildman–Crippen LogP) is 7.15. The number of hydrogen-bond acceptors (Lipinski definition) is 4. The molecule has 0 radical (unpaired) electrons. The van der Waals surface area contributed by atoms with Crippen LogP contribution in [0.4, 0.5) is 0 Å². The summed E-state index contributed by atoms with van der Waals surface area (Å²) >= 11 is 19.2. The summed E-state index contributed by atoms with van der Waals surface area (Å²) in [5, 5.41) is 9.06. The Hall–Kier alpha value is -1.26. The second kappa shape index (κ2) is 9.08. The van der Waals surface area contributed by atoms with Gasteiger partial charge in [0.1, 0.15) is 17.6 Å². The molecule has 0 spiro atoms. The Kier molecular flexibility index (Phi) is 7.08. The van der Waals surface area contributed by atoms with Gasteiger partial charge in [-0.25, -0.2) is 0 Å². The molecule has 0 aromatic heterocycles. The van der Waals surface area contributed by atoms with E-state index in [1.54, 1.807) is 24.3 Å². The van der Waals surface area contributed by atoms with Gasteiger partial charge in [-0.15, -0.1) is 11.6 Å². The highest BCUT2D eigenvalue weighted by molar-refractivity contribution is 9.26. The van der Waals surface area contributed by atoms with Gasteiger partial charge in [0, 0.05) is 5.56 Å². The van der Waals surface area contributed by atoms with Crippen LogP contribution in [0.25, 0.3) is 0 Å². The largest absolute Gasteiger partial charge is 0.457 e. The van der Waals surface area contributed by atoms with E-state index < -0.39 is 31.5 Å². The van der Waals surface area contributed by atoms with Gasteiger partial charge in [-0.1, -0.05) is 87.6 Å². The lowest BCUT2D eigenvalue weighted by Gasteiger charge is -2.20. The number of para-hydroxylation sites is 1. The van der Waals surface area contributed by atoms with Crippen molar-refractivity contribution in [1.29, 1.82) is 5.26 Å². The number of halogens is 4. The lowest BCUT2D eigenvalue weighted by atomic mass is 10.1. The van der Waals surface area contributed by atoms with Gasteiger partial charge in [-0.2, -0.15) is 5.26 Å². The van der Waals surface area contributed by atoms with Gasteiger partial charge < -0.3 is 9.47 Å². The molecule has 0 saturated heterocycles. The maximum atomic E-state index is 12.8. The highest BCUT2D eigenvalue weighted by Gasteiger charge is 2.68. The number of ether oxygens (including phenoxy) is 2. The Balaban J connectivity index is 1.72. The van der Waals surface area contributed by atoms with Crippen LogP contribution >= 0.6 is 55.1 Å². The SMILES string of the molecule is CC1(C)[C@H](C(=O)OC(C#N)c2cccc(Oc3ccccc3)c2)[C@@H]1C(Cl)C(Cl)(Br)Br. The second-order valence-corrected chi connectivity index (χ2v) is 13.2. The number of carbonyl (C=O) groups is 1. The van der Waals surface area contributed by atoms with Gasteiger partial charge >= 0.3 is 5.97 Å². The summed E-state index contributed by atoms with van der Waals surface area (Å²) in [6.07, 6.45) is -1.06. The number of carbonyl (C=O) groups excluding carboxylic acids is 1. The summed E-state index contributed by atoms with van der Waals surface area (Å²) in [4.78, 5) is 12.8. The van der Waals surface area contributed by atoms with Gasteiger partial charge in [-0.05, 0) is 35.6 Å². The first-order valence-corrected chi connectivity index (χ1v) is 11.6. The molecule has 2 aromatic carbocycles. The van der Waals surface area contributed by atoms with Crippen LogP contribution in [0.3, 0.4) is 0 Å². The van der Waals surface area contributed by atoms with Crippen molar-refractivity contribution in [1.82, 2.24) is 0 Å². The first-order valence-electron chi connectivity index (χ1n) is 9.19. The molecule has 8 heteroatoms. The third-order valence-electron chi connectivity index (χ3n) is 5.28. The van der Waals surface area contributed by atoms with Crippen molar-refractivity contribution in [2.45, 2.75) is 28.0 Å². The van der Waals surface area contributed by atoms with E-state index in [-0.39, 0.29) is 5.92 Å². The highest BCUT2D eigenvalue weighted by Crippen LogP contribution is 2.65. The smallest absolute Gasteiger partial charge is 0.311 e. The maximum absolute atomic E-state index is 12.8. The summed E-state index contributed by atoms with van der Waals surface area (Å²) < 4.78 is 10.3. The zero-order valence-corrected chi connectivity index (χ0v) is 20.9. The quantitative estimate of drug-likeness (QED) is 0.260. The molecule has 1 fully saturated rings. The Labute approximate surface area is 202 Å². The number of benzene rings is 2. The molecule has 158 valence electrons. The summed E-state index contributed by atoms with van der Waals surface area (Å²) in [6.45, 7) is 3.86. The fourth-order valence-electron chi connectivity index (χ4n) is 3.60. The van der Waals surface area contributed by atoms with E-state index >= 15 is 0 Å². The molecule has 0 aliphatic heterocycles. The standard InChI is InChI=1S/C22H19Br2Cl2NO3/c1-21(2)17(19(25)22(23,24)26)18(21)20(28)30-16(12-27)13-7-6-10-15(11-13)29-14-8-4-3-5-9-14/h3-11,16-19H,1-2H3/t16?,17-,18+,19?/m1/s1. The van der Waals surface area contributed by atoms with Crippen LogP contribution < -0.4 is 4.74 Å². The van der Waals surface area contributed by atoms with Crippen molar-refractivity contribution >= 4 is 61.0 Å². The third kappa shape index (κ3) is 5.13. The lowest BCUT2D eigenvalue weighted by Crippen LogP contribution is -2.24. The zero-order valence-electron chi connectivity index (χ0n) is 16.2. The molecule has 0 N–H and O–H groups in total. The Bertz CT molecular complexity index is 957. The minimum atomic E-state index is -1.06. The van der Waals surface area contributed by atoms with Crippen LogP contribution in [0.15, 0.2) is 54.6 Å². The Morgan fingerprint density at radius 2 is 1.80 bits per heavy atom. The van der Waals surface area contributed by atoms with Crippen molar-refractivity contribution in [3.05, 3.63) is 60.2 Å². The molecule has 1 aliphatic rings. The summed E-state index contributed by atoms with van der Waals surface area (Å²) in [7, 11) is 0. The first kappa shape index (κ1) is 23.4. The summed E-state index contributed by atoms with van der Waals surface area (Å²) in [5.74, 6) is 0.0660. The van der Waals surface area contributed by atoms with Crippen LogP contribution in [0, 0.1) is 28.6 Å². The van der Waals surface area contributed by atoms with E-state index in [0.717, 1.165) is 0 Å². The monoisotopic (exact) mass is 573 g/mol. The molecule has 3 rings (SSSR count). The number of alkyl halides is 4. The Morgan fingerprint density at radius 1 is 1.17 bits per heavy atom. The van der Waals surface area contributed by atoms with E-state index in [0.29, 0.717) is 17.1 Å². The van der Waals surface area contributed by atoms with Gasteiger partial charge in [-0.3, -0.25) is 4.79 Å². The minimum absolute atomic E-state index is 0.213. The van der Waals surface area contributed by atoms with Gasteiger partial charge in [0.15, 0.2) is 2.69 Å². The van der Waals surface area contributed by atoms with Crippen LogP contribution in [0.2, 0.25) is 0 Å². The molecule has 2 unspecified atom stereocenters. The number of nitriles is 1. The second-order valence-electron chi connectivity index (χ2n) is 7.70. The van der Waals surface area contributed by atoms with E-state index in [1.807, 2.05) is 50.2 Å². The van der Waals surface area contributed by atoms with Crippen LogP contribution in [-0.2, 0) is 9.53 Å². The van der Waals surface area contributed by atoms with Crippen molar-refractivity contribution in [2.24, 2.45) is 17.3 Å². The molecular weight excluding hydrogens is 557 g/mol. The normalized spacial score (nSPS) is 21.8. The van der Waals surface area contributed by atoms with Gasteiger partial charge in [0.05, 0.1) is 11.3 Å². The molecule has 0 bridgehead atoms. The van der Waals surface area contributed by atoms with Crippen LogP contribution in [0.5, 0.6) is 11.5 Å². The molecule has 4 nitrogen and oxygen atoms in total. The molecule has 1 aliphatic carbocycles. The average Bonchev–Trinajstić information content (AvgIpc) is 3.27. The van der Waals surface area contributed by atoms with Crippen molar-refractivity contribution in [3.8, 4) is 17.6 Å². The molecule has 4 atom stereocenters. The number of nitrogens with zero attached hydrogens (tertiary/aromatic N) is 1. The number of esters is 1. The molecular formula is C22H19Br2Cl2NO3. The zero-order chi connectivity index (χ0) is 22.1. The number of rotatable bonds is 7. The summed E-state index contributed by atoms with van der Waals surface area (Å²) in [6, 6.07) is 18.3. The molecule has 30 heavy (non-hydrogen) atoms. The van der Waals surface area contributed by atoms with Gasteiger partial charge in [0.25, 0.3) is 0 Å². The van der Waals surface area contributed by atoms with Crippen molar-refractivity contribution in [3.63, 3.8) is 0 Å². The van der Waals surface area contributed by atoms with E-state index in [9.17, 15) is 10.1 Å². The highest BCUT2D eigenvalue weighted by atomic mass is 79.9. The molecule has 1 saturated carbocycles. The summed E-state index contributed by atoms with van der Waals surface area (Å²) in [5.41, 5.74) is 0.132. The molecule has 0 amide bonds. The topological polar surface area (TPSA) is 59.3 Å².